The van der Waals surface area contributed by atoms with Crippen molar-refractivity contribution in [1.29, 1.82) is 0 Å². The largest absolute Gasteiger partial charge is 0.369 e. The first-order valence-corrected chi connectivity index (χ1v) is 7.34. The minimum absolute atomic E-state index is 0.281. The summed E-state index contributed by atoms with van der Waals surface area (Å²) in [6.07, 6.45) is 2.28. The standard InChI is InChI=1S/C16H25N3O/c1-4-19(14-8-6-5-7-12(14)2)11-16(3,15(17)20)18-13-9-10-13/h5-8,13,18H,4,9-11H2,1-3H3,(H2,17,20). The first-order valence-electron chi connectivity index (χ1n) is 7.34. The average molecular weight is 275 g/mol. The maximum absolute atomic E-state index is 11.9. The lowest BCUT2D eigenvalue weighted by atomic mass is 9.99. The van der Waals surface area contributed by atoms with Crippen molar-refractivity contribution in [3.8, 4) is 0 Å². The van der Waals surface area contributed by atoms with Gasteiger partial charge in [-0.1, -0.05) is 18.2 Å². The van der Waals surface area contributed by atoms with Gasteiger partial charge in [-0.15, -0.1) is 0 Å². The van der Waals surface area contributed by atoms with Gasteiger partial charge in [0.25, 0.3) is 0 Å². The van der Waals surface area contributed by atoms with Gasteiger partial charge in [-0.3, -0.25) is 10.1 Å². The third-order valence-electron chi connectivity index (χ3n) is 3.99. The Labute approximate surface area is 121 Å². The Morgan fingerprint density at radius 1 is 1.45 bits per heavy atom. The molecule has 0 spiro atoms. The van der Waals surface area contributed by atoms with Crippen molar-refractivity contribution < 1.29 is 4.79 Å². The lowest BCUT2D eigenvalue weighted by Crippen LogP contribution is -2.60. The predicted octanol–water partition coefficient (Wildman–Crippen LogP) is 1.82. The molecule has 0 heterocycles. The minimum Gasteiger partial charge on any atom is -0.369 e. The molecule has 2 rings (SSSR count). The van der Waals surface area contributed by atoms with Crippen LogP contribution in [-0.4, -0.2) is 30.6 Å². The van der Waals surface area contributed by atoms with E-state index in [0.29, 0.717) is 12.6 Å². The summed E-state index contributed by atoms with van der Waals surface area (Å²) in [6.45, 7) is 7.55. The zero-order chi connectivity index (χ0) is 14.8. The highest BCUT2D eigenvalue weighted by atomic mass is 16.1. The molecule has 0 aromatic heterocycles. The first kappa shape index (κ1) is 14.9. The monoisotopic (exact) mass is 275 g/mol. The Balaban J connectivity index is 2.18. The SMILES string of the molecule is CCN(CC(C)(NC1CC1)C(N)=O)c1ccccc1C. The number of carbonyl (C=O) groups is 1. The van der Waals surface area contributed by atoms with E-state index in [1.54, 1.807) is 0 Å². The molecule has 1 atom stereocenters. The molecule has 0 radical (unpaired) electrons. The molecule has 1 aliphatic carbocycles. The zero-order valence-electron chi connectivity index (χ0n) is 12.6. The zero-order valence-corrected chi connectivity index (χ0v) is 12.6. The van der Waals surface area contributed by atoms with Crippen LogP contribution in [0.4, 0.5) is 5.69 Å². The van der Waals surface area contributed by atoms with E-state index in [0.717, 1.165) is 19.4 Å². The molecule has 1 fully saturated rings. The summed E-state index contributed by atoms with van der Waals surface area (Å²) in [7, 11) is 0. The molecule has 1 amide bonds. The van der Waals surface area contributed by atoms with Crippen LogP contribution in [0.1, 0.15) is 32.3 Å². The molecule has 1 aromatic rings. The number of rotatable bonds is 7. The number of benzene rings is 1. The van der Waals surface area contributed by atoms with Crippen molar-refractivity contribution in [1.82, 2.24) is 5.32 Å². The Morgan fingerprint density at radius 2 is 2.10 bits per heavy atom. The van der Waals surface area contributed by atoms with E-state index in [4.69, 9.17) is 5.73 Å². The normalized spacial score (nSPS) is 17.6. The molecule has 20 heavy (non-hydrogen) atoms. The van der Waals surface area contributed by atoms with Crippen molar-refractivity contribution in [2.75, 3.05) is 18.0 Å². The van der Waals surface area contributed by atoms with E-state index in [1.807, 2.05) is 19.1 Å². The number of likely N-dealkylation sites (N-methyl/N-ethyl adjacent to an activating group) is 1. The summed E-state index contributed by atoms with van der Waals surface area (Å²) >= 11 is 0. The Bertz CT molecular complexity index is 484. The van der Waals surface area contributed by atoms with Crippen LogP contribution in [0.5, 0.6) is 0 Å². The summed E-state index contributed by atoms with van der Waals surface area (Å²) in [5.74, 6) is -0.281. The number of nitrogens with zero attached hydrogens (tertiary/aromatic N) is 1. The summed E-state index contributed by atoms with van der Waals surface area (Å²) in [5, 5.41) is 3.40. The molecule has 0 aliphatic heterocycles. The van der Waals surface area contributed by atoms with E-state index in [2.05, 4.69) is 36.2 Å². The number of hydrogen-bond acceptors (Lipinski definition) is 3. The van der Waals surface area contributed by atoms with Crippen molar-refractivity contribution in [3.63, 3.8) is 0 Å². The van der Waals surface area contributed by atoms with Gasteiger partial charge in [0.1, 0.15) is 5.54 Å². The van der Waals surface area contributed by atoms with Gasteiger partial charge in [-0.2, -0.15) is 0 Å². The Morgan fingerprint density at radius 3 is 2.60 bits per heavy atom. The third kappa shape index (κ3) is 3.31. The molecule has 110 valence electrons. The van der Waals surface area contributed by atoms with Gasteiger partial charge in [0.05, 0.1) is 0 Å². The highest BCUT2D eigenvalue weighted by Crippen LogP contribution is 2.25. The van der Waals surface area contributed by atoms with E-state index >= 15 is 0 Å². The van der Waals surface area contributed by atoms with E-state index in [-0.39, 0.29) is 5.91 Å². The van der Waals surface area contributed by atoms with E-state index < -0.39 is 5.54 Å². The van der Waals surface area contributed by atoms with Crippen LogP contribution in [-0.2, 0) is 4.79 Å². The van der Waals surface area contributed by atoms with Gasteiger partial charge < -0.3 is 10.6 Å². The molecule has 3 N–H and O–H groups in total. The summed E-state index contributed by atoms with van der Waals surface area (Å²) < 4.78 is 0. The van der Waals surface area contributed by atoms with Crippen molar-refractivity contribution in [2.24, 2.45) is 5.73 Å². The third-order valence-corrected chi connectivity index (χ3v) is 3.99. The molecule has 4 nitrogen and oxygen atoms in total. The second-order valence-electron chi connectivity index (χ2n) is 5.92. The number of nitrogens with one attached hydrogen (secondary N) is 1. The number of nitrogens with two attached hydrogens (primary N) is 1. The summed E-state index contributed by atoms with van der Waals surface area (Å²) in [6, 6.07) is 8.69. The van der Waals surface area contributed by atoms with Crippen molar-refractivity contribution in [2.45, 2.75) is 45.2 Å². The number of carbonyl (C=O) groups excluding carboxylic acids is 1. The topological polar surface area (TPSA) is 58.4 Å². The molecular formula is C16H25N3O. The van der Waals surface area contributed by atoms with Gasteiger partial charge >= 0.3 is 0 Å². The number of amides is 1. The predicted molar refractivity (Wildman–Crippen MR) is 82.8 cm³/mol. The molecule has 1 aliphatic rings. The second kappa shape index (κ2) is 5.83. The number of hydrogen-bond donors (Lipinski definition) is 2. The van der Waals surface area contributed by atoms with Gasteiger partial charge in [0.15, 0.2) is 0 Å². The van der Waals surface area contributed by atoms with Crippen molar-refractivity contribution >= 4 is 11.6 Å². The summed E-state index contributed by atoms with van der Waals surface area (Å²) in [5.41, 5.74) is 7.34. The number of primary amides is 1. The fourth-order valence-corrected chi connectivity index (χ4v) is 2.54. The van der Waals surface area contributed by atoms with Gasteiger partial charge in [0.2, 0.25) is 5.91 Å². The lowest BCUT2D eigenvalue weighted by molar-refractivity contribution is -0.123. The van der Waals surface area contributed by atoms with Gasteiger partial charge in [-0.25, -0.2) is 0 Å². The van der Waals surface area contributed by atoms with E-state index in [1.165, 1.54) is 11.3 Å². The number of para-hydroxylation sites is 1. The molecule has 1 saturated carbocycles. The molecular weight excluding hydrogens is 250 g/mol. The minimum atomic E-state index is -0.681. The molecule has 1 unspecified atom stereocenters. The fourth-order valence-electron chi connectivity index (χ4n) is 2.54. The smallest absolute Gasteiger partial charge is 0.239 e. The van der Waals surface area contributed by atoms with Crippen LogP contribution in [0, 0.1) is 6.92 Å². The van der Waals surface area contributed by atoms with Crippen LogP contribution in [0.25, 0.3) is 0 Å². The van der Waals surface area contributed by atoms with Gasteiger partial charge in [-0.05, 0) is 45.2 Å². The Kier molecular flexibility index (Phi) is 4.33. The highest BCUT2D eigenvalue weighted by molar-refractivity contribution is 5.85. The van der Waals surface area contributed by atoms with Crippen LogP contribution in [0.15, 0.2) is 24.3 Å². The fraction of sp³-hybridized carbons (Fsp3) is 0.562. The van der Waals surface area contributed by atoms with Gasteiger partial charge in [0, 0.05) is 24.8 Å². The molecule has 0 bridgehead atoms. The summed E-state index contributed by atoms with van der Waals surface area (Å²) in [4.78, 5) is 14.1. The van der Waals surface area contributed by atoms with E-state index in [9.17, 15) is 4.79 Å². The highest BCUT2D eigenvalue weighted by Gasteiger charge is 2.38. The van der Waals surface area contributed by atoms with Crippen LogP contribution < -0.4 is 16.0 Å². The maximum Gasteiger partial charge on any atom is 0.239 e. The average Bonchev–Trinajstić information content (AvgIpc) is 3.20. The van der Waals surface area contributed by atoms with Crippen molar-refractivity contribution in [3.05, 3.63) is 29.8 Å². The Hall–Kier alpha value is -1.55. The number of anilines is 1. The molecule has 4 heteroatoms. The maximum atomic E-state index is 11.9. The molecule has 0 saturated heterocycles. The van der Waals surface area contributed by atoms with Crippen LogP contribution in [0.3, 0.4) is 0 Å². The van der Waals surface area contributed by atoms with Crippen LogP contribution in [0.2, 0.25) is 0 Å². The second-order valence-corrected chi connectivity index (χ2v) is 5.92. The molecule has 1 aromatic carbocycles. The first-order chi connectivity index (χ1) is 9.46. The lowest BCUT2D eigenvalue weighted by Gasteiger charge is -2.35. The quantitative estimate of drug-likeness (QED) is 0.798. The number of aryl methyl sites for hydroxylation is 1. The van der Waals surface area contributed by atoms with Crippen LogP contribution >= 0.6 is 0 Å².